The van der Waals surface area contributed by atoms with Gasteiger partial charge in [0.15, 0.2) is 6.10 Å². The largest absolute Gasteiger partial charge is 0.480 e. The molecule has 0 fully saturated rings. The smallest absolute Gasteiger partial charge is 0.472 e. The molecule has 4 N–H and O–H groups in total. The van der Waals surface area contributed by atoms with Crippen LogP contribution in [0, 0.1) is 0 Å². The second-order valence-corrected chi connectivity index (χ2v) is 15.2. The number of nitrogens with two attached hydrogens (primary N) is 1. The molecule has 0 bridgehead atoms. The van der Waals surface area contributed by atoms with Gasteiger partial charge in [0.2, 0.25) is 0 Å². The molecule has 0 aliphatic heterocycles. The van der Waals surface area contributed by atoms with Crippen molar-refractivity contribution in [3.63, 3.8) is 0 Å². The maximum atomic E-state index is 12.6. The third kappa shape index (κ3) is 37.9. The van der Waals surface area contributed by atoms with E-state index in [4.69, 9.17) is 24.8 Å². The fraction of sp³-hybridized carbons (Fsp3) is 0.698. The van der Waals surface area contributed by atoms with Crippen LogP contribution in [-0.4, -0.2) is 59.9 Å². The summed E-state index contributed by atoms with van der Waals surface area (Å²) in [6, 6.07) is -1.53. The lowest BCUT2D eigenvalue weighted by atomic mass is 10.1. The topological polar surface area (TPSA) is 172 Å². The number of ether oxygens (including phenoxy) is 2. The Labute approximate surface area is 332 Å². The highest BCUT2D eigenvalue weighted by Gasteiger charge is 2.28. The minimum absolute atomic E-state index is 0.141. The Kier molecular flexibility index (Phi) is 36.1. The van der Waals surface area contributed by atoms with E-state index >= 15 is 0 Å². The molecular weight excluding hydrogens is 721 g/mol. The van der Waals surface area contributed by atoms with Gasteiger partial charge in [0, 0.05) is 12.8 Å². The number of allylic oxidation sites excluding steroid dienone is 10. The molecule has 3 atom stereocenters. The summed E-state index contributed by atoms with van der Waals surface area (Å²) < 4.78 is 32.6. The molecule has 0 radical (unpaired) electrons. The summed E-state index contributed by atoms with van der Waals surface area (Å²) in [6.45, 7) is 2.69. The van der Waals surface area contributed by atoms with Crippen molar-refractivity contribution in [3.05, 3.63) is 60.8 Å². The summed E-state index contributed by atoms with van der Waals surface area (Å²) in [7, 11) is -4.72. The molecule has 0 aromatic carbocycles. The van der Waals surface area contributed by atoms with Crippen LogP contribution in [0.3, 0.4) is 0 Å². The quantitative estimate of drug-likeness (QED) is 0.0235. The first-order chi connectivity index (χ1) is 26.6. The van der Waals surface area contributed by atoms with Crippen molar-refractivity contribution in [2.75, 3.05) is 19.8 Å². The van der Waals surface area contributed by atoms with Crippen LogP contribution in [0.1, 0.15) is 162 Å². The SMILES string of the molecule is CCCCC/C=C\C/C=C\C/C=C\C/C=C\CCCCCC(=O)OC[C@H](COP(=O)(O)OC[C@H](N)C(=O)O)OC(=O)CCCCCCC/C=C\CCCCC. The van der Waals surface area contributed by atoms with E-state index in [9.17, 15) is 23.8 Å². The van der Waals surface area contributed by atoms with Gasteiger partial charge in [-0.05, 0) is 83.5 Å². The van der Waals surface area contributed by atoms with Crippen LogP contribution in [0.15, 0.2) is 60.8 Å². The third-order valence-corrected chi connectivity index (χ3v) is 9.44. The van der Waals surface area contributed by atoms with Gasteiger partial charge >= 0.3 is 25.7 Å². The number of carboxylic acids is 1. The second-order valence-electron chi connectivity index (χ2n) is 13.8. The number of phosphoric ester groups is 1. The number of aliphatic carboxylic acids is 1. The first-order valence-corrected chi connectivity index (χ1v) is 22.3. The van der Waals surface area contributed by atoms with Gasteiger partial charge < -0.3 is 25.2 Å². The number of esters is 2. The Morgan fingerprint density at radius 3 is 1.47 bits per heavy atom. The molecule has 0 saturated heterocycles. The summed E-state index contributed by atoms with van der Waals surface area (Å²) in [4.78, 5) is 45.8. The molecular formula is C43H74NO10P. The van der Waals surface area contributed by atoms with E-state index in [0.717, 1.165) is 77.0 Å². The summed E-state index contributed by atoms with van der Waals surface area (Å²) in [5, 5.41) is 8.87. The number of hydrogen-bond acceptors (Lipinski definition) is 9. The lowest BCUT2D eigenvalue weighted by Gasteiger charge is -2.20. The van der Waals surface area contributed by atoms with E-state index in [2.05, 4.69) is 79.1 Å². The van der Waals surface area contributed by atoms with Crippen molar-refractivity contribution in [3.8, 4) is 0 Å². The fourth-order valence-corrected chi connectivity index (χ4v) is 5.94. The summed E-state index contributed by atoms with van der Waals surface area (Å²) >= 11 is 0. The van der Waals surface area contributed by atoms with E-state index in [1.807, 2.05) is 0 Å². The summed E-state index contributed by atoms with van der Waals surface area (Å²) in [5.74, 6) is -2.44. The Morgan fingerprint density at radius 1 is 0.564 bits per heavy atom. The summed E-state index contributed by atoms with van der Waals surface area (Å²) in [5.41, 5.74) is 5.32. The number of rotatable bonds is 38. The van der Waals surface area contributed by atoms with Crippen LogP contribution in [0.5, 0.6) is 0 Å². The van der Waals surface area contributed by atoms with Gasteiger partial charge in [-0.15, -0.1) is 0 Å². The molecule has 0 saturated carbocycles. The average molecular weight is 796 g/mol. The second kappa shape index (κ2) is 38.1. The normalized spacial score (nSPS) is 14.4. The zero-order valence-corrected chi connectivity index (χ0v) is 34.9. The lowest BCUT2D eigenvalue weighted by Crippen LogP contribution is -2.34. The van der Waals surface area contributed by atoms with E-state index in [1.165, 1.54) is 44.9 Å². The highest BCUT2D eigenvalue weighted by Crippen LogP contribution is 2.43. The minimum atomic E-state index is -4.72. The zero-order chi connectivity index (χ0) is 40.7. The van der Waals surface area contributed by atoms with Crippen molar-refractivity contribution >= 4 is 25.7 Å². The van der Waals surface area contributed by atoms with Crippen LogP contribution < -0.4 is 5.73 Å². The molecule has 316 valence electrons. The van der Waals surface area contributed by atoms with Crippen LogP contribution in [-0.2, 0) is 37.5 Å². The highest BCUT2D eigenvalue weighted by atomic mass is 31.2. The molecule has 12 heteroatoms. The van der Waals surface area contributed by atoms with Gasteiger partial charge in [-0.25, -0.2) is 4.57 Å². The number of carbonyl (C=O) groups excluding carboxylic acids is 2. The van der Waals surface area contributed by atoms with E-state index < -0.39 is 51.1 Å². The zero-order valence-electron chi connectivity index (χ0n) is 34.0. The molecule has 0 amide bonds. The maximum absolute atomic E-state index is 12.6. The number of hydrogen-bond donors (Lipinski definition) is 3. The molecule has 0 heterocycles. The van der Waals surface area contributed by atoms with Gasteiger partial charge in [0.25, 0.3) is 0 Å². The van der Waals surface area contributed by atoms with Gasteiger partial charge in [0.1, 0.15) is 12.6 Å². The van der Waals surface area contributed by atoms with Crippen LogP contribution >= 0.6 is 7.82 Å². The Balaban J connectivity index is 4.45. The van der Waals surface area contributed by atoms with Crippen molar-refractivity contribution in [1.82, 2.24) is 0 Å². The van der Waals surface area contributed by atoms with Crippen LogP contribution in [0.4, 0.5) is 0 Å². The van der Waals surface area contributed by atoms with Gasteiger partial charge in [0.05, 0.1) is 13.2 Å². The molecule has 0 rings (SSSR count). The maximum Gasteiger partial charge on any atom is 0.472 e. The fourth-order valence-electron chi connectivity index (χ4n) is 5.16. The molecule has 0 aliphatic carbocycles. The molecule has 0 spiro atoms. The van der Waals surface area contributed by atoms with Crippen molar-refractivity contribution in [2.24, 2.45) is 5.73 Å². The van der Waals surface area contributed by atoms with Crippen LogP contribution in [0.2, 0.25) is 0 Å². The van der Waals surface area contributed by atoms with Gasteiger partial charge in [-0.2, -0.15) is 0 Å². The Hall–Kier alpha value is -2.82. The number of carbonyl (C=O) groups is 3. The Bertz CT molecular complexity index is 1170. The standard InChI is InChI=1S/C43H74NO10P/c1-3-5-7-9-11-13-15-17-18-19-20-21-22-23-25-26-28-30-32-34-41(45)51-36-39(37-52-55(49,50)53-38-40(44)43(47)48)54-42(46)35-33-31-29-27-24-16-14-12-10-8-6-4-2/h11-14,17-18,20-21,23,25,39-40H,3-10,15-16,19,22,24,26-38,44H2,1-2H3,(H,47,48)(H,49,50)/b13-11-,14-12-,18-17-,21-20-,25-23-/t39-,40+/m1/s1. The molecule has 1 unspecified atom stereocenters. The first-order valence-electron chi connectivity index (χ1n) is 20.8. The van der Waals surface area contributed by atoms with Gasteiger partial charge in [-0.3, -0.25) is 23.4 Å². The average Bonchev–Trinajstić information content (AvgIpc) is 3.16. The van der Waals surface area contributed by atoms with E-state index in [0.29, 0.717) is 12.8 Å². The van der Waals surface area contributed by atoms with Gasteiger partial charge in [-0.1, -0.05) is 126 Å². The monoisotopic (exact) mass is 796 g/mol. The number of phosphoric acid groups is 1. The molecule has 0 aromatic rings. The first kappa shape index (κ1) is 52.2. The number of unbranched alkanes of at least 4 members (excludes halogenated alkanes) is 14. The predicted octanol–water partition coefficient (Wildman–Crippen LogP) is 10.8. The summed E-state index contributed by atoms with van der Waals surface area (Å²) in [6.07, 6.45) is 42.9. The molecule has 55 heavy (non-hydrogen) atoms. The number of carboxylic acid groups (broad SMARTS) is 1. The van der Waals surface area contributed by atoms with Crippen molar-refractivity contribution < 1.29 is 47.5 Å². The van der Waals surface area contributed by atoms with Crippen LogP contribution in [0.25, 0.3) is 0 Å². The molecule has 0 aromatic heterocycles. The van der Waals surface area contributed by atoms with E-state index in [1.54, 1.807) is 0 Å². The van der Waals surface area contributed by atoms with Crippen molar-refractivity contribution in [1.29, 1.82) is 0 Å². The Morgan fingerprint density at radius 2 is 0.964 bits per heavy atom. The van der Waals surface area contributed by atoms with Crippen molar-refractivity contribution in [2.45, 2.75) is 174 Å². The predicted molar refractivity (Wildman–Crippen MR) is 221 cm³/mol. The lowest BCUT2D eigenvalue weighted by molar-refractivity contribution is -0.161. The third-order valence-electron chi connectivity index (χ3n) is 8.49. The highest BCUT2D eigenvalue weighted by molar-refractivity contribution is 7.47. The molecule has 11 nitrogen and oxygen atoms in total. The minimum Gasteiger partial charge on any atom is -0.480 e. The van der Waals surface area contributed by atoms with E-state index in [-0.39, 0.29) is 19.4 Å². The molecule has 0 aliphatic rings.